The van der Waals surface area contributed by atoms with Gasteiger partial charge in [-0.05, 0) is 30.0 Å². The Morgan fingerprint density at radius 3 is 2.75 bits per heavy atom. The average molecular weight is 224 g/mol. The average Bonchev–Trinajstić information content (AvgIpc) is 2.62. The van der Waals surface area contributed by atoms with Crippen LogP contribution in [0, 0.1) is 0 Å². The van der Waals surface area contributed by atoms with Crippen LogP contribution < -0.4 is 5.73 Å². The van der Waals surface area contributed by atoms with E-state index in [1.54, 1.807) is 10.8 Å². The van der Waals surface area contributed by atoms with Crippen molar-refractivity contribution in [1.29, 1.82) is 0 Å². The molecule has 16 heavy (non-hydrogen) atoms. The zero-order chi connectivity index (χ0) is 11.5. The first kappa shape index (κ1) is 11.1. The molecule has 0 atom stereocenters. The first-order valence-electron chi connectivity index (χ1n) is 5.27. The van der Waals surface area contributed by atoms with Crippen LogP contribution in [0.15, 0.2) is 30.5 Å². The fraction of sp³-hybridized carbons (Fsp3) is 0.333. The van der Waals surface area contributed by atoms with Gasteiger partial charge in [0.05, 0.1) is 12.1 Å². The quantitative estimate of drug-likeness (QED) is 0.849. The van der Waals surface area contributed by atoms with Crippen molar-refractivity contribution in [2.75, 3.05) is 6.54 Å². The lowest BCUT2D eigenvalue weighted by Crippen LogP contribution is -2.08. The molecule has 0 aliphatic heterocycles. The Bertz CT molecular complexity index is 477. The van der Waals surface area contributed by atoms with Gasteiger partial charge in [0.2, 0.25) is 0 Å². The van der Waals surface area contributed by atoms with Gasteiger partial charge in [-0.2, -0.15) is 0 Å². The molecular formula is C12H14F2N2. The summed E-state index contributed by atoms with van der Waals surface area (Å²) in [6.45, 7) is 0.268. The van der Waals surface area contributed by atoms with Crippen LogP contribution in [-0.4, -0.2) is 17.5 Å². The Kier molecular flexibility index (Phi) is 3.19. The van der Waals surface area contributed by atoms with Gasteiger partial charge >= 0.3 is 0 Å². The molecule has 2 nitrogen and oxygen atoms in total. The maximum absolute atomic E-state index is 12.4. The Balaban J connectivity index is 2.49. The number of hydrogen-bond acceptors (Lipinski definition) is 1. The number of benzene rings is 1. The van der Waals surface area contributed by atoms with E-state index in [1.165, 1.54) is 0 Å². The molecule has 0 spiro atoms. The highest BCUT2D eigenvalue weighted by atomic mass is 19.3. The summed E-state index contributed by atoms with van der Waals surface area (Å²) in [5.41, 5.74) is 7.43. The van der Waals surface area contributed by atoms with Gasteiger partial charge in [0.25, 0.3) is 6.43 Å². The smallest absolute Gasteiger partial charge is 0.256 e. The molecule has 0 unspecified atom stereocenters. The monoisotopic (exact) mass is 224 g/mol. The molecule has 2 aromatic rings. The summed E-state index contributed by atoms with van der Waals surface area (Å²) >= 11 is 0. The third-order valence-corrected chi connectivity index (χ3v) is 2.62. The summed E-state index contributed by atoms with van der Waals surface area (Å²) in [7, 11) is 0. The highest BCUT2D eigenvalue weighted by molar-refractivity contribution is 5.83. The van der Waals surface area contributed by atoms with Crippen molar-refractivity contribution in [2.45, 2.75) is 19.4 Å². The molecule has 0 saturated carbocycles. The number of nitrogens with two attached hydrogens (primary N) is 1. The van der Waals surface area contributed by atoms with Crippen molar-refractivity contribution in [3.8, 4) is 0 Å². The van der Waals surface area contributed by atoms with Crippen molar-refractivity contribution in [3.05, 3.63) is 36.0 Å². The van der Waals surface area contributed by atoms with Crippen molar-refractivity contribution in [3.63, 3.8) is 0 Å². The second kappa shape index (κ2) is 4.61. The van der Waals surface area contributed by atoms with E-state index in [-0.39, 0.29) is 6.54 Å². The number of hydrogen-bond donors (Lipinski definition) is 1. The lowest BCUT2D eigenvalue weighted by atomic mass is 10.1. The Labute approximate surface area is 92.7 Å². The van der Waals surface area contributed by atoms with Gasteiger partial charge in [0.1, 0.15) is 0 Å². The van der Waals surface area contributed by atoms with Crippen LogP contribution in [0.2, 0.25) is 0 Å². The Morgan fingerprint density at radius 2 is 2.06 bits per heavy atom. The lowest BCUT2D eigenvalue weighted by molar-refractivity contribution is 0.128. The predicted octanol–water partition coefficient (Wildman–Crippen LogP) is 2.41. The summed E-state index contributed by atoms with van der Waals surface area (Å²) in [5.74, 6) is 0. The van der Waals surface area contributed by atoms with Crippen molar-refractivity contribution in [2.24, 2.45) is 5.73 Å². The molecule has 1 heterocycles. The number of aromatic nitrogens is 1. The SMILES string of the molecule is NCCc1cccc2ccn(CC(F)F)c12. The largest absolute Gasteiger partial charge is 0.342 e. The van der Waals surface area contributed by atoms with Gasteiger partial charge in [0, 0.05) is 6.20 Å². The molecule has 0 radical (unpaired) electrons. The van der Waals surface area contributed by atoms with Gasteiger partial charge in [-0.1, -0.05) is 18.2 Å². The zero-order valence-electron chi connectivity index (χ0n) is 8.87. The van der Waals surface area contributed by atoms with Crippen LogP contribution in [0.5, 0.6) is 0 Å². The molecule has 0 amide bonds. The maximum atomic E-state index is 12.4. The van der Waals surface area contributed by atoms with Crippen LogP contribution in [0.1, 0.15) is 5.56 Å². The number of nitrogens with zero attached hydrogens (tertiary/aromatic N) is 1. The summed E-state index contributed by atoms with van der Waals surface area (Å²) in [4.78, 5) is 0. The van der Waals surface area contributed by atoms with E-state index in [0.29, 0.717) is 13.0 Å². The first-order valence-corrected chi connectivity index (χ1v) is 5.27. The van der Waals surface area contributed by atoms with E-state index >= 15 is 0 Å². The minimum Gasteiger partial charge on any atom is -0.342 e. The Morgan fingerprint density at radius 1 is 1.25 bits per heavy atom. The number of rotatable bonds is 4. The third-order valence-electron chi connectivity index (χ3n) is 2.62. The van der Waals surface area contributed by atoms with E-state index in [1.807, 2.05) is 24.3 Å². The van der Waals surface area contributed by atoms with Gasteiger partial charge in [-0.15, -0.1) is 0 Å². The molecule has 0 bridgehead atoms. The molecule has 2 rings (SSSR count). The van der Waals surface area contributed by atoms with Crippen molar-refractivity contribution < 1.29 is 8.78 Å². The minimum atomic E-state index is -2.33. The molecule has 0 aliphatic rings. The van der Waals surface area contributed by atoms with E-state index in [4.69, 9.17) is 5.73 Å². The van der Waals surface area contributed by atoms with Crippen LogP contribution in [0.25, 0.3) is 10.9 Å². The standard InChI is InChI=1S/C12H14F2N2/c13-11(14)8-16-7-5-10-3-1-2-9(4-6-15)12(10)16/h1-3,5,7,11H,4,6,8,15H2. The third kappa shape index (κ3) is 2.07. The molecule has 1 aromatic carbocycles. The number of fused-ring (bicyclic) bond motifs is 1. The molecule has 0 aliphatic carbocycles. The minimum absolute atomic E-state index is 0.259. The fourth-order valence-electron chi connectivity index (χ4n) is 2.00. The number of para-hydroxylation sites is 1. The second-order valence-corrected chi connectivity index (χ2v) is 3.75. The van der Waals surface area contributed by atoms with E-state index in [2.05, 4.69) is 0 Å². The van der Waals surface area contributed by atoms with Gasteiger partial charge in [0.15, 0.2) is 0 Å². The molecule has 2 N–H and O–H groups in total. The summed E-state index contributed by atoms with van der Waals surface area (Å²) in [6.07, 6.45) is 0.0862. The Hall–Kier alpha value is -1.42. The second-order valence-electron chi connectivity index (χ2n) is 3.75. The number of alkyl halides is 2. The van der Waals surface area contributed by atoms with Crippen LogP contribution in [-0.2, 0) is 13.0 Å². The fourth-order valence-corrected chi connectivity index (χ4v) is 2.00. The van der Waals surface area contributed by atoms with Gasteiger partial charge in [-0.3, -0.25) is 0 Å². The van der Waals surface area contributed by atoms with Crippen molar-refractivity contribution in [1.82, 2.24) is 4.57 Å². The summed E-state index contributed by atoms with van der Waals surface area (Å²) in [6, 6.07) is 7.66. The van der Waals surface area contributed by atoms with Crippen molar-refractivity contribution >= 4 is 10.9 Å². The number of halogens is 2. The normalized spacial score (nSPS) is 11.5. The molecule has 0 saturated heterocycles. The lowest BCUT2D eigenvalue weighted by Gasteiger charge is -2.08. The van der Waals surface area contributed by atoms with Gasteiger partial charge < -0.3 is 10.3 Å². The topological polar surface area (TPSA) is 30.9 Å². The van der Waals surface area contributed by atoms with E-state index in [9.17, 15) is 8.78 Å². The summed E-state index contributed by atoms with van der Waals surface area (Å²) in [5, 5.41) is 0.992. The molecular weight excluding hydrogens is 210 g/mol. The highest BCUT2D eigenvalue weighted by Crippen LogP contribution is 2.21. The molecule has 1 aromatic heterocycles. The van der Waals surface area contributed by atoms with Crippen LogP contribution in [0.4, 0.5) is 8.78 Å². The first-order chi connectivity index (χ1) is 7.72. The summed E-state index contributed by atoms with van der Waals surface area (Å²) < 4.78 is 26.4. The maximum Gasteiger partial charge on any atom is 0.256 e. The zero-order valence-corrected chi connectivity index (χ0v) is 8.87. The van der Waals surface area contributed by atoms with E-state index < -0.39 is 6.43 Å². The predicted molar refractivity (Wildman–Crippen MR) is 60.7 cm³/mol. The molecule has 0 fully saturated rings. The van der Waals surface area contributed by atoms with E-state index in [0.717, 1.165) is 16.5 Å². The molecule has 86 valence electrons. The van der Waals surface area contributed by atoms with Crippen LogP contribution >= 0.6 is 0 Å². The van der Waals surface area contributed by atoms with Gasteiger partial charge in [-0.25, -0.2) is 8.78 Å². The van der Waals surface area contributed by atoms with Crippen LogP contribution in [0.3, 0.4) is 0 Å². The molecule has 4 heteroatoms. The highest BCUT2D eigenvalue weighted by Gasteiger charge is 2.09.